The van der Waals surface area contributed by atoms with Crippen molar-refractivity contribution < 1.29 is 22.8 Å². The van der Waals surface area contributed by atoms with E-state index in [1.165, 1.54) is 25.3 Å². The highest BCUT2D eigenvalue weighted by atomic mass is 32.2. The number of hydrogen-bond acceptors (Lipinski definition) is 6. The zero-order valence-electron chi connectivity index (χ0n) is 12.8. The predicted octanol–water partition coefficient (Wildman–Crippen LogP) is 1.96. The number of benzene rings is 2. The maximum Gasteiger partial charge on any atom is 0.270 e. The normalized spacial score (nSPS) is 11.0. The van der Waals surface area contributed by atoms with E-state index in [0.29, 0.717) is 11.5 Å². The first-order valence-electron chi connectivity index (χ1n) is 6.94. The third-order valence-electron chi connectivity index (χ3n) is 3.06. The molecule has 0 aliphatic heterocycles. The molecule has 24 heavy (non-hydrogen) atoms. The Labute approximate surface area is 139 Å². The van der Waals surface area contributed by atoms with E-state index in [-0.39, 0.29) is 23.7 Å². The summed E-state index contributed by atoms with van der Waals surface area (Å²) < 4.78 is 37.2. The van der Waals surface area contributed by atoms with Crippen LogP contribution >= 0.6 is 0 Å². The molecule has 0 saturated carbocycles. The number of nitrogens with zero attached hydrogens (tertiary/aromatic N) is 1. The second kappa shape index (κ2) is 7.75. The van der Waals surface area contributed by atoms with Crippen LogP contribution in [0.2, 0.25) is 0 Å². The highest BCUT2D eigenvalue weighted by Crippen LogP contribution is 2.25. The van der Waals surface area contributed by atoms with Crippen molar-refractivity contribution in [1.82, 2.24) is 4.72 Å². The summed E-state index contributed by atoms with van der Waals surface area (Å²) in [5, 5.41) is 10.7. The van der Waals surface area contributed by atoms with Gasteiger partial charge in [-0.1, -0.05) is 18.2 Å². The minimum Gasteiger partial charge on any atom is -0.493 e. The minimum atomic E-state index is -3.85. The van der Waals surface area contributed by atoms with Gasteiger partial charge in [-0.15, -0.1) is 0 Å². The predicted molar refractivity (Wildman–Crippen MR) is 86.8 cm³/mol. The SMILES string of the molecule is COc1ccccc1OCCNS(=O)(=O)c1cccc([N+](=O)[O-])c1. The molecule has 8 nitrogen and oxygen atoms in total. The van der Waals surface area contributed by atoms with Crippen LogP contribution in [0.15, 0.2) is 53.4 Å². The van der Waals surface area contributed by atoms with Gasteiger partial charge in [0.25, 0.3) is 5.69 Å². The zero-order chi connectivity index (χ0) is 17.6. The summed E-state index contributed by atoms with van der Waals surface area (Å²) in [5.41, 5.74) is -0.289. The van der Waals surface area contributed by atoms with Gasteiger partial charge < -0.3 is 9.47 Å². The molecule has 0 saturated heterocycles. The number of methoxy groups -OCH3 is 1. The van der Waals surface area contributed by atoms with Crippen LogP contribution in [0.25, 0.3) is 0 Å². The number of rotatable bonds is 8. The second-order valence-electron chi connectivity index (χ2n) is 4.65. The molecular weight excluding hydrogens is 336 g/mol. The van der Waals surface area contributed by atoms with Crippen LogP contribution in [0, 0.1) is 10.1 Å². The van der Waals surface area contributed by atoms with Crippen molar-refractivity contribution in [3.8, 4) is 11.5 Å². The minimum absolute atomic E-state index is 0.00305. The molecule has 0 aliphatic carbocycles. The van der Waals surface area contributed by atoms with Gasteiger partial charge in [0.05, 0.1) is 16.9 Å². The Morgan fingerprint density at radius 2 is 1.83 bits per heavy atom. The molecule has 0 bridgehead atoms. The van der Waals surface area contributed by atoms with Gasteiger partial charge in [-0.2, -0.15) is 0 Å². The van der Waals surface area contributed by atoms with E-state index in [0.717, 1.165) is 6.07 Å². The van der Waals surface area contributed by atoms with Crippen LogP contribution in [0.5, 0.6) is 11.5 Å². The van der Waals surface area contributed by atoms with Crippen LogP contribution in [-0.4, -0.2) is 33.6 Å². The van der Waals surface area contributed by atoms with E-state index in [9.17, 15) is 18.5 Å². The Kier molecular flexibility index (Phi) is 5.72. The quantitative estimate of drug-likeness (QED) is 0.442. The van der Waals surface area contributed by atoms with Crippen LogP contribution in [-0.2, 0) is 10.0 Å². The first-order chi connectivity index (χ1) is 11.4. The monoisotopic (exact) mass is 352 g/mol. The third kappa shape index (κ3) is 4.43. The molecule has 0 spiro atoms. The lowest BCUT2D eigenvalue weighted by Gasteiger charge is -2.11. The molecule has 0 amide bonds. The molecule has 0 aliphatic rings. The Bertz CT molecular complexity index is 822. The van der Waals surface area contributed by atoms with Gasteiger partial charge in [0, 0.05) is 18.7 Å². The summed E-state index contributed by atoms with van der Waals surface area (Å²) in [6.07, 6.45) is 0. The number of ether oxygens (including phenoxy) is 2. The van der Waals surface area contributed by atoms with E-state index < -0.39 is 14.9 Å². The number of nitro benzene ring substituents is 1. The third-order valence-corrected chi connectivity index (χ3v) is 4.52. The number of hydrogen-bond donors (Lipinski definition) is 1. The Balaban J connectivity index is 1.96. The largest absolute Gasteiger partial charge is 0.493 e. The summed E-state index contributed by atoms with van der Waals surface area (Å²) in [6, 6.07) is 11.8. The molecule has 0 atom stereocenters. The molecule has 0 aromatic heterocycles. The van der Waals surface area contributed by atoms with Crippen LogP contribution < -0.4 is 14.2 Å². The van der Waals surface area contributed by atoms with E-state index in [1.54, 1.807) is 24.3 Å². The average Bonchev–Trinajstić information content (AvgIpc) is 2.59. The van der Waals surface area contributed by atoms with Crippen LogP contribution in [0.3, 0.4) is 0 Å². The van der Waals surface area contributed by atoms with Gasteiger partial charge in [-0.25, -0.2) is 13.1 Å². The molecular formula is C15H16N2O6S. The summed E-state index contributed by atoms with van der Waals surface area (Å²) in [7, 11) is -2.34. The fourth-order valence-electron chi connectivity index (χ4n) is 1.92. The lowest BCUT2D eigenvalue weighted by Crippen LogP contribution is -2.28. The van der Waals surface area contributed by atoms with Gasteiger partial charge in [-0.3, -0.25) is 10.1 Å². The highest BCUT2D eigenvalue weighted by molar-refractivity contribution is 7.89. The molecule has 0 heterocycles. The first-order valence-corrected chi connectivity index (χ1v) is 8.42. The number of non-ortho nitro benzene ring substituents is 1. The molecule has 2 aromatic carbocycles. The van der Waals surface area contributed by atoms with Gasteiger partial charge in [0.2, 0.25) is 10.0 Å². The van der Waals surface area contributed by atoms with Gasteiger partial charge in [0.15, 0.2) is 11.5 Å². The molecule has 0 radical (unpaired) electrons. The Hall–Kier alpha value is -2.65. The lowest BCUT2D eigenvalue weighted by atomic mass is 10.3. The van der Waals surface area contributed by atoms with Gasteiger partial charge >= 0.3 is 0 Å². The van der Waals surface area contributed by atoms with Crippen molar-refractivity contribution in [2.45, 2.75) is 4.90 Å². The highest BCUT2D eigenvalue weighted by Gasteiger charge is 2.17. The van der Waals surface area contributed by atoms with Gasteiger partial charge in [-0.05, 0) is 18.2 Å². The molecule has 128 valence electrons. The summed E-state index contributed by atoms with van der Waals surface area (Å²) >= 11 is 0. The average molecular weight is 352 g/mol. The molecule has 0 fully saturated rings. The number of nitro groups is 1. The number of para-hydroxylation sites is 2. The van der Waals surface area contributed by atoms with Crippen LogP contribution in [0.1, 0.15) is 0 Å². The van der Waals surface area contributed by atoms with Crippen LogP contribution in [0.4, 0.5) is 5.69 Å². The summed E-state index contributed by atoms with van der Waals surface area (Å²) in [5.74, 6) is 1.04. The number of sulfonamides is 1. The fraction of sp³-hybridized carbons (Fsp3) is 0.200. The zero-order valence-corrected chi connectivity index (χ0v) is 13.7. The van der Waals surface area contributed by atoms with E-state index in [1.807, 2.05) is 0 Å². The Morgan fingerprint density at radius 3 is 2.50 bits per heavy atom. The molecule has 1 N–H and O–H groups in total. The van der Waals surface area contributed by atoms with Gasteiger partial charge in [0.1, 0.15) is 6.61 Å². The second-order valence-corrected chi connectivity index (χ2v) is 6.42. The van der Waals surface area contributed by atoms with Crippen molar-refractivity contribution in [2.24, 2.45) is 0 Å². The smallest absolute Gasteiger partial charge is 0.270 e. The molecule has 0 unspecified atom stereocenters. The Morgan fingerprint density at radius 1 is 1.12 bits per heavy atom. The van der Waals surface area contributed by atoms with E-state index in [4.69, 9.17) is 9.47 Å². The van der Waals surface area contributed by atoms with E-state index in [2.05, 4.69) is 4.72 Å². The van der Waals surface area contributed by atoms with Crippen molar-refractivity contribution in [2.75, 3.05) is 20.3 Å². The standard InChI is InChI=1S/C15H16N2O6S/c1-22-14-7-2-3-8-15(14)23-10-9-16-24(20,21)13-6-4-5-12(11-13)17(18)19/h2-8,11,16H,9-10H2,1H3. The lowest BCUT2D eigenvalue weighted by molar-refractivity contribution is -0.385. The summed E-state index contributed by atoms with van der Waals surface area (Å²) in [6.45, 7) is 0.0810. The maximum atomic E-state index is 12.1. The maximum absolute atomic E-state index is 12.1. The fourth-order valence-corrected chi connectivity index (χ4v) is 2.97. The van der Waals surface area contributed by atoms with Crippen molar-refractivity contribution in [1.29, 1.82) is 0 Å². The van der Waals surface area contributed by atoms with Crippen molar-refractivity contribution in [3.63, 3.8) is 0 Å². The van der Waals surface area contributed by atoms with Crippen molar-refractivity contribution >= 4 is 15.7 Å². The van der Waals surface area contributed by atoms with Crippen molar-refractivity contribution in [3.05, 3.63) is 58.6 Å². The first kappa shape index (κ1) is 17.7. The summed E-state index contributed by atoms with van der Waals surface area (Å²) in [4.78, 5) is 9.89. The number of nitrogens with one attached hydrogen (secondary N) is 1. The topological polar surface area (TPSA) is 108 Å². The van der Waals surface area contributed by atoms with E-state index >= 15 is 0 Å². The molecule has 2 rings (SSSR count). The molecule has 9 heteroatoms. The molecule has 2 aromatic rings.